The van der Waals surface area contributed by atoms with Gasteiger partial charge in [-0.25, -0.2) is 13.7 Å². The second-order valence-electron chi connectivity index (χ2n) is 6.57. The highest BCUT2D eigenvalue weighted by Crippen LogP contribution is 2.29. The van der Waals surface area contributed by atoms with E-state index in [1.54, 1.807) is 42.0 Å². The first kappa shape index (κ1) is 20.6. The molecule has 4 aromatic rings. The zero-order valence-corrected chi connectivity index (χ0v) is 17.7. The lowest BCUT2D eigenvalue weighted by Crippen LogP contribution is -2.30. The number of thiazole rings is 1. The number of aromatic nitrogens is 3. The highest BCUT2D eigenvalue weighted by atomic mass is 32.1. The van der Waals surface area contributed by atoms with Crippen LogP contribution in [0.25, 0.3) is 16.3 Å². The fraction of sp³-hybridized carbons (Fsp3) is 0.190. The molecule has 0 aliphatic carbocycles. The Labute approximate surface area is 181 Å². The third-order valence-corrected chi connectivity index (χ3v) is 5.41. The molecule has 0 radical (unpaired) electrons. The van der Waals surface area contributed by atoms with E-state index in [2.05, 4.69) is 20.7 Å². The maximum absolute atomic E-state index is 13.5. The minimum atomic E-state index is -0.335. The van der Waals surface area contributed by atoms with Gasteiger partial charge in [-0.05, 0) is 24.3 Å². The van der Waals surface area contributed by atoms with E-state index < -0.39 is 0 Å². The molecule has 4 rings (SSSR count). The molecule has 0 atom stereocenters. The van der Waals surface area contributed by atoms with E-state index in [9.17, 15) is 9.18 Å². The van der Waals surface area contributed by atoms with Crippen LogP contribution in [0.1, 0.15) is 5.69 Å². The number of nitrogens with zero attached hydrogens (tertiary/aromatic N) is 3. The van der Waals surface area contributed by atoms with Crippen molar-refractivity contribution in [3.8, 4) is 22.9 Å². The number of carbonyl (C=O) groups is 1. The summed E-state index contributed by atoms with van der Waals surface area (Å²) in [6.07, 6.45) is 0.561. The van der Waals surface area contributed by atoms with Crippen LogP contribution in [0.5, 0.6) is 11.5 Å². The topological polar surface area (TPSA) is 89.8 Å². The molecule has 0 aliphatic rings. The largest absolute Gasteiger partial charge is 0.493 e. The predicted octanol–water partition coefficient (Wildman–Crippen LogP) is 3.98. The molecule has 0 saturated heterocycles. The molecule has 2 aromatic heterocycles. The first-order chi connectivity index (χ1) is 15.1. The fourth-order valence-electron chi connectivity index (χ4n) is 3.04. The molecule has 0 fully saturated rings. The van der Waals surface area contributed by atoms with Crippen LogP contribution in [0.2, 0.25) is 0 Å². The minimum Gasteiger partial charge on any atom is -0.493 e. The van der Waals surface area contributed by atoms with Crippen molar-refractivity contribution in [2.75, 3.05) is 26.1 Å². The van der Waals surface area contributed by atoms with E-state index in [0.29, 0.717) is 46.5 Å². The molecule has 8 nitrogen and oxygen atoms in total. The van der Waals surface area contributed by atoms with E-state index in [0.717, 1.165) is 5.69 Å². The second-order valence-corrected chi connectivity index (χ2v) is 7.40. The second kappa shape index (κ2) is 9.00. The number of halogens is 1. The summed E-state index contributed by atoms with van der Waals surface area (Å²) in [4.78, 5) is 17.4. The molecule has 0 aliphatic heterocycles. The Bertz CT molecular complexity index is 1220. The van der Waals surface area contributed by atoms with E-state index in [1.807, 2.05) is 5.38 Å². The quantitative estimate of drug-likeness (QED) is 0.453. The molecule has 31 heavy (non-hydrogen) atoms. The lowest BCUT2D eigenvalue weighted by Gasteiger charge is -2.11. The van der Waals surface area contributed by atoms with Gasteiger partial charge in [0.1, 0.15) is 5.82 Å². The van der Waals surface area contributed by atoms with Crippen LogP contribution in [0.3, 0.4) is 0 Å². The standard InChI is InChI=1S/C21H20FN5O3S/c1-29-17-7-6-15(11-18(17)30-2)24-20(28)23-9-8-16-12-31-21-25-19(26-27(16)21)13-4-3-5-14(22)10-13/h3-7,10-12H,8-9H2,1-2H3,(H2,23,24,28). The van der Waals surface area contributed by atoms with E-state index in [-0.39, 0.29) is 11.8 Å². The molecule has 0 bridgehead atoms. The van der Waals surface area contributed by atoms with Gasteiger partial charge in [0, 0.05) is 35.7 Å². The lowest BCUT2D eigenvalue weighted by molar-refractivity contribution is 0.252. The molecule has 10 heteroatoms. The molecule has 0 unspecified atom stereocenters. The van der Waals surface area contributed by atoms with Gasteiger partial charge in [-0.3, -0.25) is 0 Å². The molecule has 0 spiro atoms. The smallest absolute Gasteiger partial charge is 0.319 e. The number of hydrogen-bond acceptors (Lipinski definition) is 6. The average Bonchev–Trinajstić information content (AvgIpc) is 3.35. The van der Waals surface area contributed by atoms with E-state index >= 15 is 0 Å². The van der Waals surface area contributed by atoms with Gasteiger partial charge in [0.05, 0.1) is 19.9 Å². The SMILES string of the molecule is COc1ccc(NC(=O)NCCc2csc3nc(-c4cccc(F)c4)nn23)cc1OC. The summed E-state index contributed by atoms with van der Waals surface area (Å²) in [5.74, 6) is 1.24. The molecule has 2 heterocycles. The molecule has 2 N–H and O–H groups in total. The number of fused-ring (bicyclic) bond motifs is 1. The number of rotatable bonds is 7. The number of anilines is 1. The molecular formula is C21H20FN5O3S. The van der Waals surface area contributed by atoms with Crippen molar-refractivity contribution in [1.82, 2.24) is 19.9 Å². The van der Waals surface area contributed by atoms with Gasteiger partial charge < -0.3 is 20.1 Å². The first-order valence-electron chi connectivity index (χ1n) is 9.43. The van der Waals surface area contributed by atoms with Crippen molar-refractivity contribution in [2.24, 2.45) is 0 Å². The summed E-state index contributed by atoms with van der Waals surface area (Å²) in [6, 6.07) is 11.0. The van der Waals surface area contributed by atoms with Crippen molar-refractivity contribution in [2.45, 2.75) is 6.42 Å². The lowest BCUT2D eigenvalue weighted by atomic mass is 10.2. The highest BCUT2D eigenvalue weighted by molar-refractivity contribution is 7.15. The number of nitrogens with one attached hydrogen (secondary N) is 2. The summed E-state index contributed by atoms with van der Waals surface area (Å²) < 4.78 is 25.6. The maximum Gasteiger partial charge on any atom is 0.319 e. The number of ether oxygens (including phenoxy) is 2. The van der Waals surface area contributed by atoms with Crippen molar-refractivity contribution >= 4 is 28.0 Å². The van der Waals surface area contributed by atoms with Crippen molar-refractivity contribution < 1.29 is 18.7 Å². The van der Waals surface area contributed by atoms with Crippen LogP contribution in [0, 0.1) is 5.82 Å². The Kier molecular flexibility index (Phi) is 5.99. The van der Waals surface area contributed by atoms with Crippen molar-refractivity contribution in [1.29, 1.82) is 0 Å². The Morgan fingerprint density at radius 3 is 2.77 bits per heavy atom. The first-order valence-corrected chi connectivity index (χ1v) is 10.3. The normalized spacial score (nSPS) is 10.8. The van der Waals surface area contributed by atoms with Gasteiger partial charge in [0.2, 0.25) is 4.96 Å². The molecule has 0 saturated carbocycles. The van der Waals surface area contributed by atoms with Gasteiger partial charge in [-0.15, -0.1) is 16.4 Å². The van der Waals surface area contributed by atoms with Gasteiger partial charge >= 0.3 is 6.03 Å². The van der Waals surface area contributed by atoms with E-state index in [4.69, 9.17) is 9.47 Å². The van der Waals surface area contributed by atoms with Gasteiger partial charge in [0.15, 0.2) is 17.3 Å². The van der Waals surface area contributed by atoms with E-state index in [1.165, 1.54) is 30.6 Å². The van der Waals surface area contributed by atoms with Crippen LogP contribution < -0.4 is 20.1 Å². The van der Waals surface area contributed by atoms with Crippen LogP contribution in [0.15, 0.2) is 47.8 Å². The monoisotopic (exact) mass is 441 g/mol. The fourth-order valence-corrected chi connectivity index (χ4v) is 3.90. The third kappa shape index (κ3) is 4.58. The number of urea groups is 1. The van der Waals surface area contributed by atoms with Crippen LogP contribution in [-0.4, -0.2) is 41.4 Å². The van der Waals surface area contributed by atoms with Crippen LogP contribution in [-0.2, 0) is 6.42 Å². The van der Waals surface area contributed by atoms with Crippen LogP contribution in [0.4, 0.5) is 14.9 Å². The van der Waals surface area contributed by atoms with Gasteiger partial charge in [0.25, 0.3) is 0 Å². The summed E-state index contributed by atoms with van der Waals surface area (Å²) >= 11 is 1.44. The molecule has 2 aromatic carbocycles. The molecule has 160 valence electrons. The zero-order chi connectivity index (χ0) is 21.8. The van der Waals surface area contributed by atoms with Crippen molar-refractivity contribution in [3.63, 3.8) is 0 Å². The number of methoxy groups -OCH3 is 2. The van der Waals surface area contributed by atoms with Gasteiger partial charge in [-0.1, -0.05) is 12.1 Å². The summed E-state index contributed by atoms with van der Waals surface area (Å²) in [5, 5.41) is 12.0. The molecule has 2 amide bonds. The predicted molar refractivity (Wildman–Crippen MR) is 117 cm³/mol. The highest BCUT2D eigenvalue weighted by Gasteiger charge is 2.13. The summed E-state index contributed by atoms with van der Waals surface area (Å²) in [7, 11) is 3.09. The molecular weight excluding hydrogens is 421 g/mol. The minimum absolute atomic E-state index is 0.333. The third-order valence-electron chi connectivity index (χ3n) is 4.54. The Morgan fingerprint density at radius 2 is 2.00 bits per heavy atom. The average molecular weight is 441 g/mol. The number of benzene rings is 2. The number of hydrogen-bond donors (Lipinski definition) is 2. The van der Waals surface area contributed by atoms with Crippen molar-refractivity contribution in [3.05, 3.63) is 59.4 Å². The van der Waals surface area contributed by atoms with Crippen LogP contribution >= 0.6 is 11.3 Å². The summed E-state index contributed by atoms with van der Waals surface area (Å²) in [6.45, 7) is 0.403. The Hall–Kier alpha value is -3.66. The maximum atomic E-state index is 13.5. The van der Waals surface area contributed by atoms with Gasteiger partial charge in [-0.2, -0.15) is 4.98 Å². The Balaban J connectivity index is 1.37. The number of amides is 2. The zero-order valence-electron chi connectivity index (χ0n) is 16.9. The summed E-state index contributed by atoms with van der Waals surface area (Å²) in [5.41, 5.74) is 2.11. The number of carbonyl (C=O) groups excluding carboxylic acids is 1. The Morgan fingerprint density at radius 1 is 1.16 bits per heavy atom.